The van der Waals surface area contributed by atoms with E-state index >= 15 is 0 Å². The van der Waals surface area contributed by atoms with Crippen LogP contribution >= 0.6 is 0 Å². The first-order valence-corrected chi connectivity index (χ1v) is 34.3. The van der Waals surface area contributed by atoms with Crippen molar-refractivity contribution < 1.29 is 87.2 Å². The van der Waals surface area contributed by atoms with Gasteiger partial charge in [0, 0.05) is 37.7 Å². The highest BCUT2D eigenvalue weighted by molar-refractivity contribution is 6.01. The van der Waals surface area contributed by atoms with E-state index in [-0.39, 0.29) is 62.9 Å². The van der Waals surface area contributed by atoms with Gasteiger partial charge in [-0.25, -0.2) is 4.98 Å². The van der Waals surface area contributed by atoms with E-state index < -0.39 is 205 Å². The lowest BCUT2D eigenvalue weighted by Crippen LogP contribution is -2.62. The first kappa shape index (κ1) is 86.9. The number of carboxylic acids is 2. The van der Waals surface area contributed by atoms with Crippen LogP contribution in [-0.4, -0.2) is 206 Å². The molecule has 572 valence electrons. The van der Waals surface area contributed by atoms with Gasteiger partial charge in [0.25, 0.3) is 0 Å². The Labute approximate surface area is 596 Å². The predicted molar refractivity (Wildman–Crippen MR) is 371 cm³/mol. The van der Waals surface area contributed by atoms with Gasteiger partial charge in [0.1, 0.15) is 66.5 Å². The van der Waals surface area contributed by atoms with Crippen LogP contribution in [0.15, 0.2) is 47.8 Å². The number of aromatic amines is 1. The van der Waals surface area contributed by atoms with Crippen LogP contribution < -0.4 is 87.2 Å². The number of aliphatic hydroxyl groups is 1. The minimum absolute atomic E-state index is 0.000133. The Balaban J connectivity index is 1.87. The van der Waals surface area contributed by atoms with Gasteiger partial charge < -0.3 is 107 Å². The van der Waals surface area contributed by atoms with Crippen LogP contribution in [0, 0.1) is 23.7 Å². The lowest BCUT2D eigenvalue weighted by atomic mass is 9.84. The van der Waals surface area contributed by atoms with Crippen molar-refractivity contribution in [3.05, 3.63) is 54.1 Å². The molecule has 1 aliphatic carbocycles. The van der Waals surface area contributed by atoms with Gasteiger partial charge in [-0.3, -0.25) is 76.9 Å². The third-order valence-electron chi connectivity index (χ3n) is 17.1. The number of nitrogens with two attached hydrogens (primary N) is 5. The number of primary amides is 2. The zero-order valence-electron chi connectivity index (χ0n) is 59.3. The lowest BCUT2D eigenvalue weighted by Gasteiger charge is -2.31. The Kier molecular flexibility index (Phi) is 37.2. The SMILES string of the molecule is CC[C@H](C)[C@H](N)C(=O)N[C@@H](CO)C(=O)N[C@@H](CC1CCCCC1)C(=O)N[C@H](C(=O)N[C@@H](CC(N)=O)C(=O)N[C@@H](CC(C)C)C(=O)N[C@@H](CC(=O)O)C(=O)N[C@@H](C)C(=O)N[C@@H](CCC(=O)O)C(=O)N[C@@H](Cc1ccccc1)C(=O)N[C@@H](CCCN=C(N)N)C(=O)N[C@@H](Cc1cnc[nH]1)C(N)=O)C(C)C. The Morgan fingerprint density at radius 3 is 1.61 bits per heavy atom. The molecule has 1 aromatic heterocycles. The van der Waals surface area contributed by atoms with E-state index in [1.54, 1.807) is 65.0 Å². The van der Waals surface area contributed by atoms with Crippen LogP contribution in [0.3, 0.4) is 0 Å². The fourth-order valence-electron chi connectivity index (χ4n) is 11.0. The fourth-order valence-corrected chi connectivity index (χ4v) is 11.0. The van der Waals surface area contributed by atoms with Crippen molar-refractivity contribution in [3.63, 3.8) is 0 Å². The van der Waals surface area contributed by atoms with Crippen LogP contribution in [-0.2, 0) is 84.8 Å². The van der Waals surface area contributed by atoms with Gasteiger partial charge in [-0.2, -0.15) is 0 Å². The summed E-state index contributed by atoms with van der Waals surface area (Å²) in [6, 6.07) is -10.3. The second-order valence-electron chi connectivity index (χ2n) is 26.5. The van der Waals surface area contributed by atoms with Crippen molar-refractivity contribution in [2.45, 2.75) is 224 Å². The van der Waals surface area contributed by atoms with Gasteiger partial charge in [0.15, 0.2) is 5.96 Å². The number of hydrogen-bond donors (Lipinski definition) is 20. The Morgan fingerprint density at radius 1 is 0.553 bits per heavy atom. The number of aliphatic carboxylic acids is 2. The molecule has 0 spiro atoms. The number of H-pyrrole nitrogens is 1. The average Bonchev–Trinajstić information content (AvgIpc) is 0.959. The van der Waals surface area contributed by atoms with E-state index in [0.717, 1.165) is 39.0 Å². The maximum atomic E-state index is 14.4. The monoisotopic (exact) mass is 1450 g/mol. The maximum absolute atomic E-state index is 14.4. The van der Waals surface area contributed by atoms with Gasteiger partial charge >= 0.3 is 11.9 Å². The number of amides is 13. The highest BCUT2D eigenvalue weighted by atomic mass is 16.4. The highest BCUT2D eigenvalue weighted by Gasteiger charge is 2.39. The molecular formula is C66H105N19O18. The standard InChI is InChI=1S/C66H105N19O18/c1-8-35(6)52(68)64(102)84-48(31-86)63(101)81-45(26-38-18-13-10-14-19-38)62(100)85-53(34(4)5)65(103)83-46(28-49(67)87)61(99)79-43(24-33(2)3)59(97)82-47(29-51(90)91)58(96)75-36(7)55(93)76-41(21-22-50(88)89)57(95)80-44(25-37-16-11-9-12-17-37)60(98)77-40(20-15-23-73-66(70)71)56(94)78-42(54(69)92)27-39-30-72-32-74-39/h9,11-12,16-17,30,32-36,38,40-48,52-53,86H,8,10,13-15,18-29,31,68H2,1-7H3,(H2,67,87)(H2,69,92)(H,72,74)(H,75,96)(H,76,93)(H,77,98)(H,78,94)(H,79,99)(H,80,95)(H,81,101)(H,82,97)(H,83,103)(H,84,102)(H,85,100)(H,88,89)(H,90,91)(H4,70,71,73)/t35-,36-,40-,41-,42-,43-,44-,45-,46-,47-,48-,52-,53-/m0/s1. The molecule has 1 saturated carbocycles. The summed E-state index contributed by atoms with van der Waals surface area (Å²) in [5, 5.41) is 56.8. The number of nitrogens with zero attached hydrogens (tertiary/aromatic N) is 2. The number of carboxylic acid groups (broad SMARTS) is 2. The van der Waals surface area contributed by atoms with E-state index in [9.17, 15) is 87.2 Å². The van der Waals surface area contributed by atoms with Gasteiger partial charge in [-0.05, 0) is 68.3 Å². The van der Waals surface area contributed by atoms with Crippen molar-refractivity contribution in [1.82, 2.24) is 68.5 Å². The molecule has 13 amide bonds. The van der Waals surface area contributed by atoms with Crippen molar-refractivity contribution in [1.29, 1.82) is 0 Å². The number of imidazole rings is 1. The summed E-state index contributed by atoms with van der Waals surface area (Å²) in [5.41, 5.74) is 29.1. The molecule has 37 heteroatoms. The number of aliphatic hydroxyl groups excluding tert-OH is 1. The molecule has 0 aliphatic heterocycles. The Bertz CT molecular complexity index is 3240. The van der Waals surface area contributed by atoms with Crippen LogP contribution in [0.5, 0.6) is 0 Å². The van der Waals surface area contributed by atoms with Crippen LogP contribution in [0.1, 0.15) is 150 Å². The van der Waals surface area contributed by atoms with E-state index in [4.69, 9.17) is 28.7 Å². The van der Waals surface area contributed by atoms with Gasteiger partial charge in [0.05, 0.1) is 31.8 Å². The predicted octanol–water partition coefficient (Wildman–Crippen LogP) is -4.66. The molecule has 0 saturated heterocycles. The number of hydrogen-bond acceptors (Lipinski definition) is 19. The average molecular weight is 1450 g/mol. The normalized spacial score (nSPS) is 16.0. The molecule has 1 aromatic carbocycles. The molecule has 37 nitrogen and oxygen atoms in total. The minimum Gasteiger partial charge on any atom is -0.481 e. The number of benzene rings is 1. The molecule has 2 aromatic rings. The Hall–Kier alpha value is -10.3. The number of aromatic nitrogens is 2. The molecular weight excluding hydrogens is 1350 g/mol. The van der Waals surface area contributed by atoms with E-state index in [0.29, 0.717) is 17.7 Å². The van der Waals surface area contributed by atoms with E-state index in [1.165, 1.54) is 12.5 Å². The zero-order chi connectivity index (χ0) is 77.2. The summed E-state index contributed by atoms with van der Waals surface area (Å²) < 4.78 is 0. The molecule has 0 bridgehead atoms. The third-order valence-corrected chi connectivity index (χ3v) is 17.1. The summed E-state index contributed by atoms with van der Waals surface area (Å²) in [6.45, 7) is 10.2. The van der Waals surface area contributed by atoms with Crippen LogP contribution in [0.25, 0.3) is 0 Å². The molecule has 25 N–H and O–H groups in total. The number of carbonyl (C=O) groups is 15. The number of rotatable bonds is 46. The lowest BCUT2D eigenvalue weighted by molar-refractivity contribution is -0.142. The van der Waals surface area contributed by atoms with Crippen molar-refractivity contribution in [2.24, 2.45) is 57.3 Å². The van der Waals surface area contributed by atoms with Crippen molar-refractivity contribution in [3.8, 4) is 0 Å². The molecule has 0 unspecified atom stereocenters. The first-order valence-electron chi connectivity index (χ1n) is 34.3. The zero-order valence-corrected chi connectivity index (χ0v) is 59.3. The summed E-state index contributed by atoms with van der Waals surface area (Å²) in [4.78, 5) is 214. The smallest absolute Gasteiger partial charge is 0.305 e. The van der Waals surface area contributed by atoms with Crippen LogP contribution in [0.4, 0.5) is 0 Å². The summed E-state index contributed by atoms with van der Waals surface area (Å²) in [7, 11) is 0. The number of aliphatic imine (C=N–C) groups is 1. The minimum atomic E-state index is -2.00. The molecule has 0 radical (unpaired) electrons. The molecule has 1 fully saturated rings. The summed E-state index contributed by atoms with van der Waals surface area (Å²) in [5.74, 6) is -18.1. The number of guanidine groups is 1. The largest absolute Gasteiger partial charge is 0.481 e. The van der Waals surface area contributed by atoms with Gasteiger partial charge in [0.2, 0.25) is 76.8 Å². The molecule has 103 heavy (non-hydrogen) atoms. The van der Waals surface area contributed by atoms with Crippen molar-refractivity contribution >= 4 is 94.7 Å². The second-order valence-corrected chi connectivity index (χ2v) is 26.5. The summed E-state index contributed by atoms with van der Waals surface area (Å²) >= 11 is 0. The highest BCUT2D eigenvalue weighted by Crippen LogP contribution is 2.28. The molecule has 1 heterocycles. The number of carbonyl (C=O) groups excluding carboxylic acids is 13. The second kappa shape index (κ2) is 44.1. The van der Waals surface area contributed by atoms with Crippen molar-refractivity contribution in [2.75, 3.05) is 13.2 Å². The molecule has 1 aliphatic rings. The maximum Gasteiger partial charge on any atom is 0.305 e. The molecule has 13 atom stereocenters. The number of nitrogens with one attached hydrogen (secondary N) is 12. The topological polar surface area (TPSA) is 620 Å². The third kappa shape index (κ3) is 31.6. The van der Waals surface area contributed by atoms with E-state index in [1.807, 2.05) is 6.92 Å². The quantitative estimate of drug-likeness (QED) is 0.0168. The van der Waals surface area contributed by atoms with Gasteiger partial charge in [-0.1, -0.05) is 110 Å². The van der Waals surface area contributed by atoms with E-state index in [2.05, 4.69) is 73.4 Å². The van der Waals surface area contributed by atoms with Crippen LogP contribution in [0.2, 0.25) is 0 Å². The fraction of sp³-hybridized carbons (Fsp3) is 0.621. The Morgan fingerprint density at radius 2 is 1.06 bits per heavy atom. The first-order chi connectivity index (χ1) is 48.5. The molecule has 3 rings (SSSR count). The van der Waals surface area contributed by atoms with Gasteiger partial charge in [-0.15, -0.1) is 0 Å². The summed E-state index contributed by atoms with van der Waals surface area (Å²) in [6.07, 6.45) is 3.55.